The Labute approximate surface area is 145 Å². The van der Waals surface area contributed by atoms with Gasteiger partial charge in [-0.25, -0.2) is 14.5 Å². The highest BCUT2D eigenvalue weighted by molar-refractivity contribution is 5.74. The van der Waals surface area contributed by atoms with Crippen LogP contribution in [0.4, 0.5) is 4.79 Å². The van der Waals surface area contributed by atoms with Gasteiger partial charge in [0.15, 0.2) is 0 Å². The molecule has 8 nitrogen and oxygen atoms in total. The fraction of sp³-hybridized carbons (Fsp3) is 0.294. The Morgan fingerprint density at radius 3 is 2.60 bits per heavy atom. The normalized spacial score (nSPS) is 13.2. The van der Waals surface area contributed by atoms with Crippen molar-refractivity contribution in [3.8, 4) is 5.69 Å². The van der Waals surface area contributed by atoms with E-state index in [0.29, 0.717) is 6.54 Å². The first-order chi connectivity index (χ1) is 12.1. The zero-order chi connectivity index (χ0) is 17.6. The minimum absolute atomic E-state index is 0.0592. The van der Waals surface area contributed by atoms with E-state index in [9.17, 15) is 4.79 Å². The third-order valence-electron chi connectivity index (χ3n) is 3.81. The summed E-state index contributed by atoms with van der Waals surface area (Å²) in [4.78, 5) is 16.0. The molecule has 2 unspecified atom stereocenters. The van der Waals surface area contributed by atoms with Crippen LogP contribution in [0.25, 0.3) is 5.69 Å². The van der Waals surface area contributed by atoms with Crippen molar-refractivity contribution < 1.29 is 4.79 Å². The lowest BCUT2D eigenvalue weighted by atomic mass is 10.1. The van der Waals surface area contributed by atoms with Gasteiger partial charge >= 0.3 is 6.03 Å². The molecule has 130 valence electrons. The van der Waals surface area contributed by atoms with Gasteiger partial charge in [-0.2, -0.15) is 10.2 Å². The molecule has 0 saturated carbocycles. The van der Waals surface area contributed by atoms with Gasteiger partial charge in [-0.3, -0.25) is 4.68 Å². The number of nitrogens with zero attached hydrogens (tertiary/aromatic N) is 5. The highest BCUT2D eigenvalue weighted by atomic mass is 16.2. The van der Waals surface area contributed by atoms with Crippen LogP contribution >= 0.6 is 0 Å². The van der Waals surface area contributed by atoms with Crippen LogP contribution in [0.1, 0.15) is 25.5 Å². The van der Waals surface area contributed by atoms with E-state index < -0.39 is 0 Å². The molecule has 8 heteroatoms. The van der Waals surface area contributed by atoms with Crippen molar-refractivity contribution in [1.82, 2.24) is 35.2 Å². The standard InChI is InChI=1S/C17H21N7O/c1-13(10-23-12-18-11-20-23)21-17(25)22-14(2)15-4-6-16(7-5-15)24-9-3-8-19-24/h3-9,11-14H,10H2,1-2H3,(H2,21,22,25). The molecule has 2 aromatic heterocycles. The number of amides is 2. The van der Waals surface area contributed by atoms with Gasteiger partial charge in [-0.1, -0.05) is 12.1 Å². The van der Waals surface area contributed by atoms with Crippen molar-refractivity contribution in [3.05, 3.63) is 60.9 Å². The van der Waals surface area contributed by atoms with Gasteiger partial charge in [0.1, 0.15) is 12.7 Å². The molecule has 25 heavy (non-hydrogen) atoms. The predicted molar refractivity (Wildman–Crippen MR) is 93.1 cm³/mol. The number of benzene rings is 1. The Bertz CT molecular complexity index is 781. The SMILES string of the molecule is CC(Cn1cncn1)NC(=O)NC(C)c1ccc(-n2cccn2)cc1. The Kier molecular flexibility index (Phi) is 5.08. The van der Waals surface area contributed by atoms with Gasteiger partial charge in [0.05, 0.1) is 18.3 Å². The Balaban J connectivity index is 1.52. The molecular formula is C17H21N7O. The highest BCUT2D eigenvalue weighted by Crippen LogP contribution is 2.15. The molecule has 0 spiro atoms. The zero-order valence-electron chi connectivity index (χ0n) is 14.2. The molecule has 2 atom stereocenters. The predicted octanol–water partition coefficient (Wildman–Crippen LogP) is 1.91. The topological polar surface area (TPSA) is 89.7 Å². The van der Waals surface area contributed by atoms with Gasteiger partial charge < -0.3 is 10.6 Å². The number of aromatic nitrogens is 5. The molecular weight excluding hydrogens is 318 g/mol. The summed E-state index contributed by atoms with van der Waals surface area (Å²) in [6.07, 6.45) is 6.73. The lowest BCUT2D eigenvalue weighted by Gasteiger charge is -2.18. The third-order valence-corrected chi connectivity index (χ3v) is 3.81. The Morgan fingerprint density at radius 2 is 1.96 bits per heavy atom. The summed E-state index contributed by atoms with van der Waals surface area (Å²) < 4.78 is 3.47. The van der Waals surface area contributed by atoms with Gasteiger partial charge in [0, 0.05) is 18.4 Å². The van der Waals surface area contributed by atoms with E-state index in [1.54, 1.807) is 21.9 Å². The maximum Gasteiger partial charge on any atom is 0.315 e. The second-order valence-corrected chi connectivity index (χ2v) is 5.90. The number of nitrogens with one attached hydrogen (secondary N) is 2. The molecule has 3 aromatic rings. The van der Waals surface area contributed by atoms with Crippen LogP contribution in [0.15, 0.2) is 55.4 Å². The van der Waals surface area contributed by atoms with Crippen LogP contribution in [-0.4, -0.2) is 36.6 Å². The van der Waals surface area contributed by atoms with Crippen LogP contribution in [0.3, 0.4) is 0 Å². The van der Waals surface area contributed by atoms with Crippen LogP contribution in [0.2, 0.25) is 0 Å². The molecule has 0 radical (unpaired) electrons. The molecule has 2 amide bonds. The van der Waals surface area contributed by atoms with Gasteiger partial charge in [-0.15, -0.1) is 0 Å². The van der Waals surface area contributed by atoms with E-state index in [-0.39, 0.29) is 18.1 Å². The van der Waals surface area contributed by atoms with Crippen molar-refractivity contribution in [3.63, 3.8) is 0 Å². The number of hydrogen-bond donors (Lipinski definition) is 2. The van der Waals surface area contributed by atoms with Crippen molar-refractivity contribution in [2.45, 2.75) is 32.5 Å². The molecule has 3 rings (SSSR count). The average molecular weight is 339 g/mol. The second-order valence-electron chi connectivity index (χ2n) is 5.90. The van der Waals surface area contributed by atoms with Crippen LogP contribution in [0, 0.1) is 0 Å². The number of rotatable bonds is 6. The van der Waals surface area contributed by atoms with Crippen molar-refractivity contribution in [2.75, 3.05) is 0 Å². The molecule has 0 fully saturated rings. The average Bonchev–Trinajstić information content (AvgIpc) is 3.28. The minimum atomic E-state index is -0.212. The number of urea groups is 1. The van der Waals surface area contributed by atoms with Gasteiger partial charge in [0.2, 0.25) is 0 Å². The summed E-state index contributed by atoms with van der Waals surface area (Å²) in [7, 11) is 0. The molecule has 2 heterocycles. The quantitative estimate of drug-likeness (QED) is 0.718. The van der Waals surface area contributed by atoms with Crippen LogP contribution in [0.5, 0.6) is 0 Å². The summed E-state index contributed by atoms with van der Waals surface area (Å²) in [6, 6.07) is 9.43. The lowest BCUT2D eigenvalue weighted by Crippen LogP contribution is -2.43. The molecule has 0 bridgehead atoms. The molecule has 0 saturated heterocycles. The number of hydrogen-bond acceptors (Lipinski definition) is 4. The Morgan fingerprint density at radius 1 is 1.16 bits per heavy atom. The van der Waals surface area contributed by atoms with Crippen molar-refractivity contribution in [1.29, 1.82) is 0 Å². The fourth-order valence-corrected chi connectivity index (χ4v) is 2.54. The summed E-state index contributed by atoms with van der Waals surface area (Å²) >= 11 is 0. The largest absolute Gasteiger partial charge is 0.334 e. The molecule has 0 aliphatic heterocycles. The third kappa shape index (κ3) is 4.43. The van der Waals surface area contributed by atoms with E-state index in [4.69, 9.17) is 0 Å². The molecule has 1 aromatic carbocycles. The minimum Gasteiger partial charge on any atom is -0.334 e. The van der Waals surface area contributed by atoms with E-state index in [1.165, 1.54) is 6.33 Å². The second kappa shape index (κ2) is 7.61. The van der Waals surface area contributed by atoms with Gasteiger partial charge in [-0.05, 0) is 37.6 Å². The van der Waals surface area contributed by atoms with Crippen LogP contribution < -0.4 is 10.6 Å². The molecule has 0 aliphatic carbocycles. The van der Waals surface area contributed by atoms with Crippen molar-refractivity contribution >= 4 is 6.03 Å². The van der Waals surface area contributed by atoms with Gasteiger partial charge in [0.25, 0.3) is 0 Å². The fourth-order valence-electron chi connectivity index (χ4n) is 2.54. The summed E-state index contributed by atoms with van der Waals surface area (Å²) in [5.74, 6) is 0. The summed E-state index contributed by atoms with van der Waals surface area (Å²) in [5.41, 5.74) is 2.00. The smallest absolute Gasteiger partial charge is 0.315 e. The first-order valence-electron chi connectivity index (χ1n) is 8.11. The number of carbonyl (C=O) groups is 1. The molecule has 2 N–H and O–H groups in total. The van der Waals surface area contributed by atoms with E-state index in [1.807, 2.05) is 50.4 Å². The van der Waals surface area contributed by atoms with E-state index >= 15 is 0 Å². The van der Waals surface area contributed by atoms with E-state index in [0.717, 1.165) is 11.3 Å². The Hall–Kier alpha value is -3.16. The zero-order valence-corrected chi connectivity index (χ0v) is 14.2. The monoisotopic (exact) mass is 339 g/mol. The first-order valence-corrected chi connectivity index (χ1v) is 8.11. The van der Waals surface area contributed by atoms with Crippen molar-refractivity contribution in [2.24, 2.45) is 0 Å². The molecule has 0 aliphatic rings. The summed E-state index contributed by atoms with van der Waals surface area (Å²) in [5, 5.41) is 14.1. The number of carbonyl (C=O) groups excluding carboxylic acids is 1. The van der Waals surface area contributed by atoms with E-state index in [2.05, 4.69) is 25.8 Å². The van der Waals surface area contributed by atoms with Crippen LogP contribution in [-0.2, 0) is 6.54 Å². The summed E-state index contributed by atoms with van der Waals surface area (Å²) in [6.45, 7) is 4.44. The first kappa shape index (κ1) is 16.7. The maximum atomic E-state index is 12.1. The maximum absolute atomic E-state index is 12.1. The highest BCUT2D eigenvalue weighted by Gasteiger charge is 2.12. The lowest BCUT2D eigenvalue weighted by molar-refractivity contribution is 0.233.